The molecule has 0 aliphatic carbocycles. The standard InChI is InChI=1S/C12H16N4O2/c1-7(13)4-11(17)14-6-8-2-3-9-10(5-8)16-12(18)15-9/h2-3,5,7H,4,6,13H2,1H3,(H,14,17)(H2,15,16,18). The third-order valence-electron chi connectivity index (χ3n) is 2.58. The number of hydrogen-bond acceptors (Lipinski definition) is 3. The molecule has 2 aromatic rings. The Kier molecular flexibility index (Phi) is 3.47. The predicted molar refractivity (Wildman–Crippen MR) is 69.0 cm³/mol. The number of nitrogens with two attached hydrogens (primary N) is 1. The zero-order valence-corrected chi connectivity index (χ0v) is 10.1. The molecule has 2 rings (SSSR count). The number of amides is 1. The number of aromatic nitrogens is 2. The Hall–Kier alpha value is -2.08. The number of benzene rings is 1. The summed E-state index contributed by atoms with van der Waals surface area (Å²) in [5, 5.41) is 2.78. The summed E-state index contributed by atoms with van der Waals surface area (Å²) < 4.78 is 0. The van der Waals surface area contributed by atoms with Crippen LogP contribution in [0.3, 0.4) is 0 Å². The summed E-state index contributed by atoms with van der Waals surface area (Å²) in [6, 6.07) is 5.35. The van der Waals surface area contributed by atoms with Gasteiger partial charge in [-0.2, -0.15) is 0 Å². The van der Waals surface area contributed by atoms with Gasteiger partial charge in [-0.15, -0.1) is 0 Å². The summed E-state index contributed by atoms with van der Waals surface area (Å²) in [5.74, 6) is -0.0762. The molecule has 6 nitrogen and oxygen atoms in total. The number of carbonyl (C=O) groups excluding carboxylic acids is 1. The van der Waals surface area contributed by atoms with Gasteiger partial charge >= 0.3 is 5.69 Å². The lowest BCUT2D eigenvalue weighted by molar-refractivity contribution is -0.121. The summed E-state index contributed by atoms with van der Waals surface area (Å²) in [4.78, 5) is 27.9. The van der Waals surface area contributed by atoms with E-state index in [-0.39, 0.29) is 17.6 Å². The molecule has 1 amide bonds. The van der Waals surface area contributed by atoms with Crippen LogP contribution in [0.2, 0.25) is 0 Å². The number of H-pyrrole nitrogens is 2. The number of rotatable bonds is 4. The maximum Gasteiger partial charge on any atom is 0.323 e. The second-order valence-electron chi connectivity index (χ2n) is 4.42. The Morgan fingerprint density at radius 2 is 2.11 bits per heavy atom. The molecule has 1 aromatic heterocycles. The summed E-state index contributed by atoms with van der Waals surface area (Å²) in [6.45, 7) is 2.21. The molecule has 0 saturated carbocycles. The molecule has 1 heterocycles. The van der Waals surface area contributed by atoms with Gasteiger partial charge in [-0.3, -0.25) is 4.79 Å². The van der Waals surface area contributed by atoms with Crippen molar-refractivity contribution >= 4 is 16.9 Å². The van der Waals surface area contributed by atoms with E-state index in [4.69, 9.17) is 5.73 Å². The molecule has 0 saturated heterocycles. The number of hydrogen-bond donors (Lipinski definition) is 4. The molecular formula is C12H16N4O2. The van der Waals surface area contributed by atoms with Crippen LogP contribution in [-0.4, -0.2) is 21.9 Å². The number of fused-ring (bicyclic) bond motifs is 1. The quantitative estimate of drug-likeness (QED) is 0.621. The molecule has 0 spiro atoms. The van der Waals surface area contributed by atoms with E-state index in [1.54, 1.807) is 13.0 Å². The van der Waals surface area contributed by atoms with Crippen molar-refractivity contribution in [2.75, 3.05) is 0 Å². The summed E-state index contributed by atoms with van der Waals surface area (Å²) in [5.41, 5.74) is 7.72. The first-order valence-corrected chi connectivity index (χ1v) is 5.78. The van der Waals surface area contributed by atoms with Crippen molar-refractivity contribution in [2.24, 2.45) is 5.73 Å². The van der Waals surface area contributed by atoms with Gasteiger partial charge in [0.2, 0.25) is 5.91 Å². The second kappa shape index (κ2) is 5.05. The van der Waals surface area contributed by atoms with Gasteiger partial charge in [0.05, 0.1) is 11.0 Å². The highest BCUT2D eigenvalue weighted by atomic mass is 16.1. The largest absolute Gasteiger partial charge is 0.352 e. The maximum atomic E-state index is 11.4. The van der Waals surface area contributed by atoms with E-state index in [0.717, 1.165) is 16.6 Å². The van der Waals surface area contributed by atoms with Crippen LogP contribution in [0.1, 0.15) is 18.9 Å². The average molecular weight is 248 g/mol. The van der Waals surface area contributed by atoms with E-state index in [0.29, 0.717) is 13.0 Å². The minimum absolute atomic E-state index is 0.0762. The topological polar surface area (TPSA) is 104 Å². The lowest BCUT2D eigenvalue weighted by atomic mass is 10.2. The second-order valence-corrected chi connectivity index (χ2v) is 4.42. The molecular weight excluding hydrogens is 232 g/mol. The molecule has 0 aliphatic heterocycles. The molecule has 18 heavy (non-hydrogen) atoms. The van der Waals surface area contributed by atoms with Gasteiger partial charge < -0.3 is 21.0 Å². The van der Waals surface area contributed by atoms with E-state index in [9.17, 15) is 9.59 Å². The van der Waals surface area contributed by atoms with Gasteiger partial charge in [-0.1, -0.05) is 6.07 Å². The molecule has 6 heteroatoms. The fourth-order valence-corrected chi connectivity index (χ4v) is 1.75. The van der Waals surface area contributed by atoms with Crippen molar-refractivity contribution in [2.45, 2.75) is 25.9 Å². The highest BCUT2D eigenvalue weighted by Crippen LogP contribution is 2.09. The summed E-state index contributed by atoms with van der Waals surface area (Å²) in [6.07, 6.45) is 0.309. The fraction of sp³-hybridized carbons (Fsp3) is 0.333. The van der Waals surface area contributed by atoms with Crippen LogP contribution < -0.4 is 16.7 Å². The van der Waals surface area contributed by atoms with Crippen LogP contribution in [0.15, 0.2) is 23.0 Å². The Morgan fingerprint density at radius 1 is 1.39 bits per heavy atom. The van der Waals surface area contributed by atoms with Crippen LogP contribution in [0.25, 0.3) is 11.0 Å². The van der Waals surface area contributed by atoms with Gasteiger partial charge in [0.15, 0.2) is 0 Å². The zero-order chi connectivity index (χ0) is 13.1. The van der Waals surface area contributed by atoms with Gasteiger partial charge in [0.1, 0.15) is 0 Å². The monoisotopic (exact) mass is 248 g/mol. The van der Waals surface area contributed by atoms with E-state index >= 15 is 0 Å². The van der Waals surface area contributed by atoms with Crippen LogP contribution in [0.5, 0.6) is 0 Å². The zero-order valence-electron chi connectivity index (χ0n) is 10.1. The average Bonchev–Trinajstić information content (AvgIpc) is 2.64. The minimum atomic E-state index is -0.233. The lowest BCUT2D eigenvalue weighted by Crippen LogP contribution is -2.29. The number of carbonyl (C=O) groups is 1. The first-order valence-electron chi connectivity index (χ1n) is 5.78. The Bertz CT molecular complexity index is 612. The van der Waals surface area contributed by atoms with Crippen molar-refractivity contribution in [3.05, 3.63) is 34.2 Å². The maximum absolute atomic E-state index is 11.4. The van der Waals surface area contributed by atoms with E-state index in [1.807, 2.05) is 12.1 Å². The van der Waals surface area contributed by atoms with Crippen LogP contribution in [0.4, 0.5) is 0 Å². The molecule has 1 aromatic carbocycles. The summed E-state index contributed by atoms with van der Waals surface area (Å²) >= 11 is 0. The molecule has 1 unspecified atom stereocenters. The van der Waals surface area contributed by atoms with Crippen LogP contribution in [0, 0.1) is 0 Å². The first-order chi connectivity index (χ1) is 8.54. The molecule has 0 radical (unpaired) electrons. The molecule has 0 bridgehead atoms. The normalized spacial score (nSPS) is 12.6. The third-order valence-corrected chi connectivity index (χ3v) is 2.58. The molecule has 0 aliphatic rings. The predicted octanol–water partition coefficient (Wildman–Crippen LogP) is 0.210. The smallest absolute Gasteiger partial charge is 0.323 e. The summed E-state index contributed by atoms with van der Waals surface area (Å²) in [7, 11) is 0. The van der Waals surface area contributed by atoms with Crippen molar-refractivity contribution in [3.63, 3.8) is 0 Å². The van der Waals surface area contributed by atoms with Crippen molar-refractivity contribution in [3.8, 4) is 0 Å². The van der Waals surface area contributed by atoms with Crippen molar-refractivity contribution < 1.29 is 4.79 Å². The highest BCUT2D eigenvalue weighted by Gasteiger charge is 2.05. The Morgan fingerprint density at radius 3 is 2.83 bits per heavy atom. The number of aromatic amines is 2. The Balaban J connectivity index is 2.03. The highest BCUT2D eigenvalue weighted by molar-refractivity contribution is 5.77. The van der Waals surface area contributed by atoms with Crippen molar-refractivity contribution in [1.29, 1.82) is 0 Å². The van der Waals surface area contributed by atoms with Gasteiger partial charge in [0.25, 0.3) is 0 Å². The molecule has 96 valence electrons. The number of nitrogens with one attached hydrogen (secondary N) is 3. The SMILES string of the molecule is CC(N)CC(=O)NCc1ccc2[nH]c(=O)[nH]c2c1. The van der Waals surface area contributed by atoms with Crippen molar-refractivity contribution in [1.82, 2.24) is 15.3 Å². The minimum Gasteiger partial charge on any atom is -0.352 e. The molecule has 1 atom stereocenters. The van der Waals surface area contributed by atoms with Crippen LogP contribution in [-0.2, 0) is 11.3 Å². The number of imidazole rings is 1. The van der Waals surface area contributed by atoms with E-state index in [1.165, 1.54) is 0 Å². The Labute approximate surface area is 104 Å². The van der Waals surface area contributed by atoms with Gasteiger partial charge in [-0.25, -0.2) is 4.79 Å². The molecule has 5 N–H and O–H groups in total. The van der Waals surface area contributed by atoms with Gasteiger partial charge in [-0.05, 0) is 24.6 Å². The first kappa shape index (κ1) is 12.4. The lowest BCUT2D eigenvalue weighted by Gasteiger charge is -2.07. The fourth-order valence-electron chi connectivity index (χ4n) is 1.75. The van der Waals surface area contributed by atoms with Crippen LogP contribution >= 0.6 is 0 Å². The van der Waals surface area contributed by atoms with Gasteiger partial charge in [0, 0.05) is 19.0 Å². The van der Waals surface area contributed by atoms with E-state index in [2.05, 4.69) is 15.3 Å². The third kappa shape index (κ3) is 2.98. The van der Waals surface area contributed by atoms with E-state index < -0.39 is 0 Å². The molecule has 0 fully saturated rings.